The van der Waals surface area contributed by atoms with Crippen LogP contribution in [0.15, 0.2) is 71.5 Å². The quantitative estimate of drug-likeness (QED) is 0.441. The second kappa shape index (κ2) is 6.10. The minimum absolute atomic E-state index is 0.570. The topological polar surface area (TPSA) is 35.0 Å². The van der Waals surface area contributed by atoms with Gasteiger partial charge in [-0.15, -0.1) is 11.3 Å². The number of ether oxygens (including phenoxy) is 1. The van der Waals surface area contributed by atoms with Crippen molar-refractivity contribution in [3.05, 3.63) is 71.5 Å². The van der Waals surface area contributed by atoms with Crippen molar-refractivity contribution in [3.8, 4) is 22.1 Å². The first-order valence-electron chi connectivity index (χ1n) is 7.03. The molecule has 112 valence electrons. The van der Waals surface area contributed by atoms with Gasteiger partial charge in [-0.05, 0) is 39.7 Å². The van der Waals surface area contributed by atoms with Gasteiger partial charge in [0, 0.05) is 4.88 Å². The van der Waals surface area contributed by atoms with Crippen molar-refractivity contribution < 1.29 is 4.74 Å². The van der Waals surface area contributed by atoms with E-state index in [1.165, 1.54) is 5.56 Å². The number of nitrogens with zero attached hydrogens (tertiary/aromatic N) is 2. The highest BCUT2D eigenvalue weighted by Crippen LogP contribution is 2.38. The Labute approximate surface area is 145 Å². The van der Waals surface area contributed by atoms with E-state index >= 15 is 0 Å². The summed E-state index contributed by atoms with van der Waals surface area (Å²) >= 11 is 5.13. The van der Waals surface area contributed by atoms with E-state index < -0.39 is 0 Å². The van der Waals surface area contributed by atoms with Gasteiger partial charge in [-0.25, -0.2) is 9.97 Å². The summed E-state index contributed by atoms with van der Waals surface area (Å²) in [4.78, 5) is 10.7. The van der Waals surface area contributed by atoms with Crippen LogP contribution in [0.4, 0.5) is 0 Å². The van der Waals surface area contributed by atoms with E-state index in [1.54, 1.807) is 17.7 Å². The predicted molar refractivity (Wildman–Crippen MR) is 97.1 cm³/mol. The Hall–Kier alpha value is -2.24. The summed E-state index contributed by atoms with van der Waals surface area (Å²) in [5, 5.41) is 0.923. The van der Waals surface area contributed by atoms with Crippen LogP contribution in [0.25, 0.3) is 20.7 Å². The summed E-state index contributed by atoms with van der Waals surface area (Å²) < 4.78 is 6.87. The minimum Gasteiger partial charge on any atom is -0.437 e. The van der Waals surface area contributed by atoms with Crippen LogP contribution in [-0.2, 0) is 0 Å². The molecule has 0 unspecified atom stereocenters. The second-order valence-corrected chi connectivity index (χ2v) is 6.79. The average Bonchev–Trinajstić information content (AvgIpc) is 3.03. The molecule has 0 atom stereocenters. The molecule has 5 heteroatoms. The molecule has 0 aliphatic heterocycles. The van der Waals surface area contributed by atoms with E-state index in [2.05, 4.69) is 44.1 Å². The molecule has 4 aromatic rings. The Kier molecular flexibility index (Phi) is 3.81. The molecule has 0 fully saturated rings. The van der Waals surface area contributed by atoms with Crippen LogP contribution in [0.2, 0.25) is 0 Å². The lowest BCUT2D eigenvalue weighted by molar-refractivity contribution is 0.465. The fraction of sp³-hybridized carbons (Fsp3) is 0. The lowest BCUT2D eigenvalue weighted by atomic mass is 10.2. The SMILES string of the molecule is Brc1ccccc1Oc1ncnc2sc(-c3ccccc3)cc12. The zero-order valence-electron chi connectivity index (χ0n) is 11.9. The molecule has 0 aliphatic carbocycles. The third-order valence-corrected chi connectivity index (χ3v) is 5.14. The summed E-state index contributed by atoms with van der Waals surface area (Å²) in [5.74, 6) is 1.31. The van der Waals surface area contributed by atoms with Gasteiger partial charge in [0.1, 0.15) is 16.9 Å². The van der Waals surface area contributed by atoms with Crippen LogP contribution in [0.5, 0.6) is 11.6 Å². The van der Waals surface area contributed by atoms with Gasteiger partial charge in [0.05, 0.1) is 9.86 Å². The van der Waals surface area contributed by atoms with Crippen molar-refractivity contribution >= 4 is 37.5 Å². The Morgan fingerprint density at radius 1 is 0.913 bits per heavy atom. The maximum absolute atomic E-state index is 5.98. The summed E-state index contributed by atoms with van der Waals surface area (Å²) in [6, 6.07) is 20.1. The van der Waals surface area contributed by atoms with Crippen LogP contribution in [-0.4, -0.2) is 9.97 Å². The van der Waals surface area contributed by atoms with Gasteiger partial charge in [-0.2, -0.15) is 0 Å². The van der Waals surface area contributed by atoms with E-state index in [1.807, 2.05) is 42.5 Å². The highest BCUT2D eigenvalue weighted by molar-refractivity contribution is 9.10. The van der Waals surface area contributed by atoms with Gasteiger partial charge in [0.2, 0.25) is 5.88 Å². The summed E-state index contributed by atoms with van der Waals surface area (Å²) in [5.41, 5.74) is 1.17. The number of hydrogen-bond donors (Lipinski definition) is 0. The predicted octanol–water partition coefficient (Wildman–Crippen LogP) is 5.91. The summed E-state index contributed by atoms with van der Waals surface area (Å²) in [6.07, 6.45) is 1.54. The van der Waals surface area contributed by atoms with E-state index in [0.717, 1.165) is 25.3 Å². The fourth-order valence-corrected chi connectivity index (χ4v) is 3.65. The van der Waals surface area contributed by atoms with E-state index in [9.17, 15) is 0 Å². The van der Waals surface area contributed by atoms with Crippen LogP contribution in [0, 0.1) is 0 Å². The Morgan fingerprint density at radius 3 is 2.52 bits per heavy atom. The normalized spacial score (nSPS) is 10.8. The van der Waals surface area contributed by atoms with Crippen LogP contribution >= 0.6 is 27.3 Å². The van der Waals surface area contributed by atoms with Crippen molar-refractivity contribution in [1.29, 1.82) is 0 Å². The molecule has 3 nitrogen and oxygen atoms in total. The number of rotatable bonds is 3. The first-order valence-corrected chi connectivity index (χ1v) is 8.64. The van der Waals surface area contributed by atoms with Crippen molar-refractivity contribution in [2.24, 2.45) is 0 Å². The molecule has 0 radical (unpaired) electrons. The van der Waals surface area contributed by atoms with Gasteiger partial charge in [0.25, 0.3) is 0 Å². The van der Waals surface area contributed by atoms with Crippen molar-refractivity contribution in [3.63, 3.8) is 0 Å². The molecule has 2 aromatic carbocycles. The number of fused-ring (bicyclic) bond motifs is 1. The minimum atomic E-state index is 0.570. The first-order chi connectivity index (χ1) is 11.3. The maximum atomic E-state index is 5.98. The fourth-order valence-electron chi connectivity index (χ4n) is 2.29. The molecular weight excluding hydrogens is 372 g/mol. The van der Waals surface area contributed by atoms with E-state index in [0.29, 0.717) is 5.88 Å². The molecule has 0 saturated heterocycles. The molecule has 4 rings (SSSR count). The van der Waals surface area contributed by atoms with Crippen molar-refractivity contribution in [2.75, 3.05) is 0 Å². The largest absolute Gasteiger partial charge is 0.437 e. The zero-order chi connectivity index (χ0) is 15.6. The van der Waals surface area contributed by atoms with Gasteiger partial charge >= 0.3 is 0 Å². The van der Waals surface area contributed by atoms with Crippen molar-refractivity contribution in [1.82, 2.24) is 9.97 Å². The third kappa shape index (κ3) is 2.85. The number of benzene rings is 2. The summed E-state index contributed by atoms with van der Waals surface area (Å²) in [7, 11) is 0. The molecule has 0 amide bonds. The summed E-state index contributed by atoms with van der Waals surface area (Å²) in [6.45, 7) is 0. The zero-order valence-corrected chi connectivity index (χ0v) is 14.3. The van der Waals surface area contributed by atoms with E-state index in [-0.39, 0.29) is 0 Å². The lowest BCUT2D eigenvalue weighted by Crippen LogP contribution is -1.89. The Balaban J connectivity index is 1.79. The van der Waals surface area contributed by atoms with Gasteiger partial charge in [-0.1, -0.05) is 42.5 Å². The number of para-hydroxylation sites is 1. The first kappa shape index (κ1) is 14.4. The lowest BCUT2D eigenvalue weighted by Gasteiger charge is -2.06. The van der Waals surface area contributed by atoms with Gasteiger partial charge in [-0.3, -0.25) is 0 Å². The number of thiophene rings is 1. The molecule has 0 saturated carbocycles. The van der Waals surface area contributed by atoms with E-state index in [4.69, 9.17) is 4.74 Å². The van der Waals surface area contributed by atoms with Gasteiger partial charge in [0.15, 0.2) is 0 Å². The molecule has 0 aliphatic rings. The molecule has 2 aromatic heterocycles. The molecule has 2 heterocycles. The van der Waals surface area contributed by atoms with Crippen LogP contribution in [0.1, 0.15) is 0 Å². The van der Waals surface area contributed by atoms with Crippen LogP contribution < -0.4 is 4.74 Å². The number of hydrogen-bond acceptors (Lipinski definition) is 4. The third-order valence-electron chi connectivity index (χ3n) is 3.39. The maximum Gasteiger partial charge on any atom is 0.231 e. The molecular formula is C18H11BrN2OS. The van der Waals surface area contributed by atoms with Crippen LogP contribution in [0.3, 0.4) is 0 Å². The Morgan fingerprint density at radius 2 is 1.70 bits per heavy atom. The molecule has 0 N–H and O–H groups in total. The number of halogens is 1. The molecule has 23 heavy (non-hydrogen) atoms. The Bertz CT molecular complexity index is 969. The molecule has 0 spiro atoms. The highest BCUT2D eigenvalue weighted by Gasteiger charge is 2.12. The highest BCUT2D eigenvalue weighted by atomic mass is 79.9. The monoisotopic (exact) mass is 382 g/mol. The second-order valence-electron chi connectivity index (χ2n) is 4.91. The number of aromatic nitrogens is 2. The standard InChI is InChI=1S/C18H11BrN2OS/c19-14-8-4-5-9-15(14)22-17-13-10-16(12-6-2-1-3-7-12)23-18(13)21-11-20-17/h1-11H. The molecule has 0 bridgehead atoms. The van der Waals surface area contributed by atoms with Gasteiger partial charge < -0.3 is 4.74 Å². The smallest absolute Gasteiger partial charge is 0.231 e. The average molecular weight is 383 g/mol. The van der Waals surface area contributed by atoms with Crippen molar-refractivity contribution in [2.45, 2.75) is 0 Å².